The lowest BCUT2D eigenvalue weighted by Gasteiger charge is -2.40. The van der Waals surface area contributed by atoms with Crippen molar-refractivity contribution in [2.45, 2.75) is 289 Å². The van der Waals surface area contributed by atoms with Gasteiger partial charge >= 0.3 is 23.9 Å². The van der Waals surface area contributed by atoms with Crippen LogP contribution in [0.1, 0.15) is 252 Å². The summed E-state index contributed by atoms with van der Waals surface area (Å²) in [7, 11) is 0. The molecule has 0 spiro atoms. The van der Waals surface area contributed by atoms with Gasteiger partial charge in [0, 0.05) is 19.3 Å². The zero-order valence-corrected chi connectivity index (χ0v) is 46.1. The van der Waals surface area contributed by atoms with Crippen molar-refractivity contribution in [3.05, 3.63) is 60.8 Å². The van der Waals surface area contributed by atoms with Gasteiger partial charge in [0.1, 0.15) is 18.8 Å². The van der Waals surface area contributed by atoms with E-state index in [-0.39, 0.29) is 25.9 Å². The first-order valence-electron chi connectivity index (χ1n) is 29.3. The quantitative estimate of drug-likeness (QED) is 0.0228. The van der Waals surface area contributed by atoms with Crippen LogP contribution in [-0.4, -0.2) is 89.2 Å². The van der Waals surface area contributed by atoms with Crippen molar-refractivity contribution < 1.29 is 58.2 Å². The molecular weight excluding hydrogens is 925 g/mol. The number of unbranched alkanes of at least 4 members (excludes halogenated alkanes) is 25. The van der Waals surface area contributed by atoms with Gasteiger partial charge in [0.2, 0.25) is 0 Å². The molecule has 0 bridgehead atoms. The average Bonchev–Trinajstić information content (AvgIpc) is 3.37. The Balaban J connectivity index is 2.69. The molecule has 1 saturated heterocycles. The Labute approximate surface area is 443 Å². The minimum atomic E-state index is -1.91. The fourth-order valence-corrected chi connectivity index (χ4v) is 8.47. The predicted octanol–water partition coefficient (Wildman–Crippen LogP) is 14.8. The summed E-state index contributed by atoms with van der Waals surface area (Å²) in [5.74, 6) is -3.15. The Kier molecular flexibility index (Phi) is 45.5. The smallest absolute Gasteiger partial charge is 0.335 e. The number of hydrogen-bond donors (Lipinski definition) is 3. The maximum atomic E-state index is 13.1. The van der Waals surface area contributed by atoms with Gasteiger partial charge in [-0.25, -0.2) is 4.79 Å². The van der Waals surface area contributed by atoms with Crippen LogP contribution >= 0.6 is 0 Å². The molecule has 0 saturated carbocycles. The number of carboxylic acid groups (broad SMARTS) is 1. The van der Waals surface area contributed by atoms with Crippen LogP contribution in [0.25, 0.3) is 0 Å². The van der Waals surface area contributed by atoms with Gasteiger partial charge < -0.3 is 39.0 Å². The molecule has 1 heterocycles. The molecule has 6 atom stereocenters. The highest BCUT2D eigenvalue weighted by Gasteiger charge is 2.50. The van der Waals surface area contributed by atoms with Gasteiger partial charge in [-0.2, -0.15) is 0 Å². The lowest BCUT2D eigenvalue weighted by molar-refractivity contribution is -0.301. The molecule has 1 rings (SSSR count). The van der Waals surface area contributed by atoms with Gasteiger partial charge in [-0.3, -0.25) is 14.4 Å². The van der Waals surface area contributed by atoms with Crippen LogP contribution in [0.15, 0.2) is 60.8 Å². The van der Waals surface area contributed by atoms with E-state index in [1.54, 1.807) is 0 Å². The Hall–Kier alpha value is -3.58. The van der Waals surface area contributed by atoms with Gasteiger partial charge in [0.05, 0.1) is 6.61 Å². The molecule has 12 heteroatoms. The number of ether oxygens (including phenoxy) is 5. The summed E-state index contributed by atoms with van der Waals surface area (Å²) in [6.45, 7) is 5.88. The summed E-state index contributed by atoms with van der Waals surface area (Å²) in [5, 5.41) is 31.4. The molecule has 0 aliphatic carbocycles. The number of carbonyl (C=O) groups excluding carboxylic acids is 3. The van der Waals surface area contributed by atoms with E-state index in [1.807, 2.05) is 0 Å². The van der Waals surface area contributed by atoms with E-state index in [4.69, 9.17) is 23.7 Å². The zero-order valence-electron chi connectivity index (χ0n) is 46.1. The average molecular weight is 1030 g/mol. The SMILES string of the molecule is CCCC/C=C\CCCCCCCC(=O)OC(COC(=O)CCCCCCCCC/C=C\C/C=C\CCCCC)COC1OC(C(=O)O)C(O)C(O)C1OC(=O)CCCCCCC/C=C\C/C=C\CCCCC. The van der Waals surface area contributed by atoms with E-state index in [9.17, 15) is 34.5 Å². The Morgan fingerprint density at radius 2 is 0.836 bits per heavy atom. The molecule has 0 aromatic heterocycles. The van der Waals surface area contributed by atoms with Crippen LogP contribution in [0.5, 0.6) is 0 Å². The fraction of sp³-hybridized carbons (Fsp3) is 0.770. The molecule has 1 aliphatic heterocycles. The minimum absolute atomic E-state index is 0.0424. The Morgan fingerprint density at radius 3 is 1.29 bits per heavy atom. The second-order valence-electron chi connectivity index (χ2n) is 19.9. The second kappa shape index (κ2) is 49.3. The van der Waals surface area contributed by atoms with Gasteiger partial charge in [0.25, 0.3) is 0 Å². The predicted molar refractivity (Wildman–Crippen MR) is 294 cm³/mol. The van der Waals surface area contributed by atoms with Crippen molar-refractivity contribution in [1.29, 1.82) is 0 Å². The Morgan fingerprint density at radius 1 is 0.452 bits per heavy atom. The first kappa shape index (κ1) is 67.4. The molecule has 6 unspecified atom stereocenters. The summed E-state index contributed by atoms with van der Waals surface area (Å²) in [5.41, 5.74) is 0. The van der Waals surface area contributed by atoms with Crippen molar-refractivity contribution in [3.8, 4) is 0 Å². The third-order valence-corrected chi connectivity index (χ3v) is 13.0. The summed E-state index contributed by atoms with van der Waals surface area (Å²) in [4.78, 5) is 51.0. The van der Waals surface area contributed by atoms with Crippen LogP contribution in [0.2, 0.25) is 0 Å². The number of rotatable bonds is 49. The first-order chi connectivity index (χ1) is 35.6. The third kappa shape index (κ3) is 39.5. The normalized spacial score (nSPS) is 18.7. The van der Waals surface area contributed by atoms with Crippen LogP contribution in [0, 0.1) is 0 Å². The minimum Gasteiger partial charge on any atom is -0.479 e. The summed E-state index contributed by atoms with van der Waals surface area (Å²) in [6, 6.07) is 0. The second-order valence-corrected chi connectivity index (χ2v) is 19.9. The van der Waals surface area contributed by atoms with Crippen molar-refractivity contribution in [3.63, 3.8) is 0 Å². The fourth-order valence-electron chi connectivity index (χ4n) is 8.47. The number of carboxylic acids is 1. The van der Waals surface area contributed by atoms with Crippen LogP contribution < -0.4 is 0 Å². The molecule has 0 aromatic rings. The van der Waals surface area contributed by atoms with Gasteiger partial charge in [0.15, 0.2) is 24.6 Å². The molecule has 420 valence electrons. The maximum absolute atomic E-state index is 13.1. The summed E-state index contributed by atoms with van der Waals surface area (Å²) < 4.78 is 28.4. The number of esters is 3. The third-order valence-electron chi connectivity index (χ3n) is 13.0. The molecule has 0 amide bonds. The van der Waals surface area contributed by atoms with Crippen LogP contribution in [0.4, 0.5) is 0 Å². The van der Waals surface area contributed by atoms with E-state index >= 15 is 0 Å². The monoisotopic (exact) mass is 1030 g/mol. The number of allylic oxidation sites excluding steroid dienone is 10. The lowest BCUT2D eigenvalue weighted by Crippen LogP contribution is -2.61. The van der Waals surface area contributed by atoms with E-state index in [1.165, 1.54) is 70.6 Å². The number of carbonyl (C=O) groups is 4. The van der Waals surface area contributed by atoms with Crippen LogP contribution in [-0.2, 0) is 42.9 Å². The summed E-state index contributed by atoms with van der Waals surface area (Å²) >= 11 is 0. The molecule has 12 nitrogen and oxygen atoms in total. The highest BCUT2D eigenvalue weighted by molar-refractivity contribution is 5.74. The van der Waals surface area contributed by atoms with Gasteiger partial charge in [-0.1, -0.05) is 191 Å². The molecule has 0 aromatic carbocycles. The van der Waals surface area contributed by atoms with E-state index in [0.29, 0.717) is 19.3 Å². The highest BCUT2D eigenvalue weighted by Crippen LogP contribution is 2.26. The van der Waals surface area contributed by atoms with E-state index in [0.717, 1.165) is 122 Å². The molecule has 1 aliphatic rings. The maximum Gasteiger partial charge on any atom is 0.335 e. The molecule has 73 heavy (non-hydrogen) atoms. The lowest BCUT2D eigenvalue weighted by atomic mass is 9.98. The van der Waals surface area contributed by atoms with Crippen LogP contribution in [0.3, 0.4) is 0 Å². The van der Waals surface area contributed by atoms with E-state index in [2.05, 4.69) is 81.5 Å². The standard InChI is InChI=1S/C61H104O12/c1-4-7-10-13-16-19-22-24-26-27-29-30-33-35-38-41-44-47-53(62)69-50-52(71-54(63)48-45-42-39-36-32-21-18-15-12-9-6-3)51-70-61-59(57(66)56(65)58(73-61)60(67)68)72-55(64)49-46-43-40-37-34-31-28-25-23-20-17-14-11-8-5-2/h15-20,24-26,28,52,56-59,61,65-66H,4-14,21-23,27,29-51H2,1-3H3,(H,67,68)/b18-15-,19-16-,20-17-,26-24-,28-25-. The van der Waals surface area contributed by atoms with Crippen molar-refractivity contribution in [2.24, 2.45) is 0 Å². The summed E-state index contributed by atoms with van der Waals surface area (Å²) in [6.07, 6.45) is 47.6. The van der Waals surface area contributed by atoms with Crippen molar-refractivity contribution in [2.75, 3.05) is 13.2 Å². The van der Waals surface area contributed by atoms with Gasteiger partial charge in [-0.15, -0.1) is 0 Å². The number of hydrogen-bond acceptors (Lipinski definition) is 11. The van der Waals surface area contributed by atoms with E-state index < -0.39 is 67.3 Å². The largest absolute Gasteiger partial charge is 0.479 e. The number of aliphatic hydroxyl groups excluding tert-OH is 2. The van der Waals surface area contributed by atoms with Crippen molar-refractivity contribution >= 4 is 23.9 Å². The Bertz CT molecular complexity index is 1500. The van der Waals surface area contributed by atoms with Crippen molar-refractivity contribution in [1.82, 2.24) is 0 Å². The zero-order chi connectivity index (χ0) is 53.3. The molecule has 1 fully saturated rings. The topological polar surface area (TPSA) is 175 Å². The number of aliphatic carboxylic acids is 1. The van der Waals surface area contributed by atoms with Gasteiger partial charge in [-0.05, 0) is 103 Å². The molecule has 0 radical (unpaired) electrons. The number of aliphatic hydroxyl groups is 2. The highest BCUT2D eigenvalue weighted by atomic mass is 16.7. The molecular formula is C61H104O12. The molecule has 3 N–H and O–H groups in total. The first-order valence-corrected chi connectivity index (χ1v) is 29.3.